The molecule has 2 N–H and O–H groups in total. The van der Waals surface area contributed by atoms with Crippen molar-refractivity contribution in [2.45, 2.75) is 44.9 Å². The van der Waals surface area contributed by atoms with Crippen LogP contribution in [0.2, 0.25) is 0 Å². The lowest BCUT2D eigenvalue weighted by Gasteiger charge is -2.39. The number of fused-ring (bicyclic) bond motifs is 1. The molecule has 2 aliphatic rings. The second-order valence-corrected chi connectivity index (χ2v) is 5.98. The van der Waals surface area contributed by atoms with Crippen molar-refractivity contribution in [1.29, 1.82) is 0 Å². The van der Waals surface area contributed by atoms with Crippen molar-refractivity contribution < 1.29 is 9.53 Å². The fourth-order valence-electron chi connectivity index (χ4n) is 2.53. The highest BCUT2D eigenvalue weighted by Crippen LogP contribution is 2.22. The highest BCUT2D eigenvalue weighted by molar-refractivity contribution is 5.68. The van der Waals surface area contributed by atoms with Crippen molar-refractivity contribution >= 4 is 6.09 Å². The molecule has 0 radical (unpaired) electrons. The predicted octanol–water partition coefficient (Wildman–Crippen LogP) is 0.639. The van der Waals surface area contributed by atoms with Crippen LogP contribution in [0.25, 0.3) is 0 Å². The van der Waals surface area contributed by atoms with E-state index in [2.05, 4.69) is 4.90 Å². The predicted molar refractivity (Wildman–Crippen MR) is 65.8 cm³/mol. The Kier molecular flexibility index (Phi) is 3.32. The normalized spacial score (nSPS) is 30.2. The lowest BCUT2D eigenvalue weighted by molar-refractivity contribution is 0.00837. The van der Waals surface area contributed by atoms with Gasteiger partial charge in [0.1, 0.15) is 5.60 Å². The first-order valence-electron chi connectivity index (χ1n) is 6.34. The molecule has 2 saturated heterocycles. The number of carbonyl (C=O) groups is 1. The Morgan fingerprint density at radius 2 is 2.00 bits per heavy atom. The van der Waals surface area contributed by atoms with Crippen LogP contribution in [0.15, 0.2) is 0 Å². The molecule has 1 amide bonds. The van der Waals surface area contributed by atoms with E-state index in [9.17, 15) is 4.79 Å². The lowest BCUT2D eigenvalue weighted by Crippen LogP contribution is -2.56. The van der Waals surface area contributed by atoms with E-state index in [1.807, 2.05) is 20.8 Å². The van der Waals surface area contributed by atoms with Crippen LogP contribution < -0.4 is 5.73 Å². The third-order valence-corrected chi connectivity index (χ3v) is 3.43. The molecule has 0 aromatic heterocycles. The lowest BCUT2D eigenvalue weighted by atomic mass is 10.1. The zero-order chi connectivity index (χ0) is 12.6. The number of amides is 1. The maximum Gasteiger partial charge on any atom is 0.410 e. The van der Waals surface area contributed by atoms with Crippen LogP contribution in [0.4, 0.5) is 4.79 Å². The molecule has 0 saturated carbocycles. The first-order chi connectivity index (χ1) is 7.87. The van der Waals surface area contributed by atoms with Gasteiger partial charge in [-0.3, -0.25) is 4.90 Å². The second kappa shape index (κ2) is 4.46. The van der Waals surface area contributed by atoms with Gasteiger partial charge >= 0.3 is 6.09 Å². The minimum absolute atomic E-state index is 0.195. The number of hydrogen-bond acceptors (Lipinski definition) is 4. The molecule has 17 heavy (non-hydrogen) atoms. The molecule has 2 unspecified atom stereocenters. The number of nitrogens with zero attached hydrogens (tertiary/aromatic N) is 2. The smallest absolute Gasteiger partial charge is 0.410 e. The van der Waals surface area contributed by atoms with Crippen LogP contribution in [0.3, 0.4) is 0 Å². The largest absolute Gasteiger partial charge is 0.444 e. The standard InChI is InChI=1S/C12H23N3O2/c1-12(2,3)17-11(16)15-7-6-14-5-4-9(13)10(14)8-15/h9-10H,4-8,13H2,1-3H3. The molecule has 98 valence electrons. The molecule has 2 fully saturated rings. The number of piperazine rings is 1. The topological polar surface area (TPSA) is 58.8 Å². The van der Waals surface area contributed by atoms with Gasteiger partial charge in [0.25, 0.3) is 0 Å². The molecule has 0 aromatic carbocycles. The van der Waals surface area contributed by atoms with E-state index in [4.69, 9.17) is 10.5 Å². The van der Waals surface area contributed by atoms with Gasteiger partial charge in [0, 0.05) is 38.3 Å². The molecular weight excluding hydrogens is 218 g/mol. The summed E-state index contributed by atoms with van der Waals surface area (Å²) in [5.74, 6) is 0. The molecule has 0 aliphatic carbocycles. The van der Waals surface area contributed by atoms with E-state index in [1.54, 1.807) is 4.90 Å². The van der Waals surface area contributed by atoms with E-state index in [1.165, 1.54) is 0 Å². The Balaban J connectivity index is 1.93. The SMILES string of the molecule is CC(C)(C)OC(=O)N1CCN2CCC(N)C2C1. The number of rotatable bonds is 0. The van der Waals surface area contributed by atoms with Crippen LogP contribution in [0.1, 0.15) is 27.2 Å². The quantitative estimate of drug-likeness (QED) is 0.676. The third kappa shape index (κ3) is 2.90. The van der Waals surface area contributed by atoms with E-state index in [-0.39, 0.29) is 12.1 Å². The third-order valence-electron chi connectivity index (χ3n) is 3.43. The number of ether oxygens (including phenoxy) is 1. The maximum absolute atomic E-state index is 12.0. The van der Waals surface area contributed by atoms with Crippen molar-refractivity contribution in [3.8, 4) is 0 Å². The van der Waals surface area contributed by atoms with Gasteiger partial charge in [0.15, 0.2) is 0 Å². The maximum atomic E-state index is 12.0. The summed E-state index contributed by atoms with van der Waals surface area (Å²) in [4.78, 5) is 16.1. The minimum atomic E-state index is -0.425. The molecule has 0 aromatic rings. The fourth-order valence-corrected chi connectivity index (χ4v) is 2.53. The van der Waals surface area contributed by atoms with Gasteiger partial charge in [-0.1, -0.05) is 0 Å². The second-order valence-electron chi connectivity index (χ2n) is 5.98. The van der Waals surface area contributed by atoms with Crippen molar-refractivity contribution in [2.75, 3.05) is 26.2 Å². The van der Waals surface area contributed by atoms with E-state index >= 15 is 0 Å². The van der Waals surface area contributed by atoms with Gasteiger partial charge in [-0.05, 0) is 27.2 Å². The Morgan fingerprint density at radius 3 is 2.65 bits per heavy atom. The summed E-state index contributed by atoms with van der Waals surface area (Å²) in [5.41, 5.74) is 5.63. The average molecular weight is 241 g/mol. The van der Waals surface area contributed by atoms with Gasteiger partial charge in [-0.2, -0.15) is 0 Å². The van der Waals surface area contributed by atoms with Crippen LogP contribution >= 0.6 is 0 Å². The van der Waals surface area contributed by atoms with Crippen LogP contribution in [0.5, 0.6) is 0 Å². The van der Waals surface area contributed by atoms with Crippen molar-refractivity contribution in [3.05, 3.63) is 0 Å². The van der Waals surface area contributed by atoms with E-state index in [0.717, 1.165) is 26.1 Å². The van der Waals surface area contributed by atoms with E-state index in [0.29, 0.717) is 12.6 Å². The molecule has 2 heterocycles. The number of hydrogen-bond donors (Lipinski definition) is 1. The minimum Gasteiger partial charge on any atom is -0.444 e. The van der Waals surface area contributed by atoms with E-state index < -0.39 is 5.60 Å². The Bertz CT molecular complexity index is 301. The molecule has 2 atom stereocenters. The Labute approximate surface area is 103 Å². The zero-order valence-corrected chi connectivity index (χ0v) is 11.0. The molecule has 0 spiro atoms. The van der Waals surface area contributed by atoms with Crippen LogP contribution in [-0.2, 0) is 4.74 Å². The summed E-state index contributed by atoms with van der Waals surface area (Å²) >= 11 is 0. The summed E-state index contributed by atoms with van der Waals surface area (Å²) in [5, 5.41) is 0. The fraction of sp³-hybridized carbons (Fsp3) is 0.917. The van der Waals surface area contributed by atoms with Crippen molar-refractivity contribution in [1.82, 2.24) is 9.80 Å². The summed E-state index contributed by atoms with van der Waals surface area (Å²) in [7, 11) is 0. The molecule has 2 rings (SSSR count). The summed E-state index contributed by atoms with van der Waals surface area (Å²) in [6.07, 6.45) is 0.823. The molecule has 2 aliphatic heterocycles. The van der Waals surface area contributed by atoms with Gasteiger partial charge in [-0.25, -0.2) is 4.79 Å². The van der Waals surface area contributed by atoms with Crippen molar-refractivity contribution in [3.63, 3.8) is 0 Å². The van der Waals surface area contributed by atoms with Gasteiger partial charge in [0.2, 0.25) is 0 Å². The van der Waals surface area contributed by atoms with Gasteiger partial charge < -0.3 is 15.4 Å². The Hall–Kier alpha value is -0.810. The van der Waals surface area contributed by atoms with Crippen molar-refractivity contribution in [2.24, 2.45) is 5.73 Å². The first-order valence-corrected chi connectivity index (χ1v) is 6.34. The summed E-state index contributed by atoms with van der Waals surface area (Å²) in [6.45, 7) is 9.10. The monoisotopic (exact) mass is 241 g/mol. The molecule has 5 nitrogen and oxygen atoms in total. The zero-order valence-electron chi connectivity index (χ0n) is 11.0. The average Bonchev–Trinajstić information content (AvgIpc) is 2.57. The summed E-state index contributed by atoms with van der Waals surface area (Å²) in [6, 6.07) is 0.511. The summed E-state index contributed by atoms with van der Waals surface area (Å²) < 4.78 is 5.39. The first kappa shape index (κ1) is 12.6. The Morgan fingerprint density at radius 1 is 1.29 bits per heavy atom. The number of nitrogens with two attached hydrogens (primary N) is 1. The molecule has 0 bridgehead atoms. The highest BCUT2D eigenvalue weighted by atomic mass is 16.6. The molecular formula is C12H23N3O2. The van der Waals surface area contributed by atoms with Gasteiger partial charge in [0.05, 0.1) is 0 Å². The van der Waals surface area contributed by atoms with Crippen LogP contribution in [0, 0.1) is 0 Å². The molecule has 5 heteroatoms. The number of carbonyl (C=O) groups excluding carboxylic acids is 1. The van der Waals surface area contributed by atoms with Crippen LogP contribution in [-0.4, -0.2) is 59.8 Å². The van der Waals surface area contributed by atoms with Gasteiger partial charge in [-0.15, -0.1) is 0 Å². The highest BCUT2D eigenvalue weighted by Gasteiger charge is 2.38.